The van der Waals surface area contributed by atoms with E-state index in [0.29, 0.717) is 12.4 Å². The highest BCUT2D eigenvalue weighted by molar-refractivity contribution is 9.10. The average molecular weight is 462 g/mol. The van der Waals surface area contributed by atoms with Gasteiger partial charge in [-0.3, -0.25) is 0 Å². The smallest absolute Gasteiger partial charge is 0.488 e. The van der Waals surface area contributed by atoms with Crippen LogP contribution in [0.3, 0.4) is 0 Å². The summed E-state index contributed by atoms with van der Waals surface area (Å²) in [5, 5.41) is 0.786. The van der Waals surface area contributed by atoms with Crippen LogP contribution in [-0.2, 0) is 19.9 Å². The van der Waals surface area contributed by atoms with Gasteiger partial charge >= 0.3 is 8.80 Å². The van der Waals surface area contributed by atoms with Crippen molar-refractivity contribution in [3.8, 4) is 5.75 Å². The number of halogens is 2. The Morgan fingerprint density at radius 3 is 2.17 bits per heavy atom. The van der Waals surface area contributed by atoms with Crippen molar-refractivity contribution < 1.29 is 18.0 Å². The standard InChI is InChI=1S/C16H18Br2O4Si/c1-19-23(20-2,21-3)15-9-5-8-14(18)16(15)22-11-12-6-4-7-13(17)10-12/h4-10H,11H2,1-3H3. The van der Waals surface area contributed by atoms with Gasteiger partial charge in [0.1, 0.15) is 12.4 Å². The van der Waals surface area contributed by atoms with Crippen molar-refractivity contribution in [1.29, 1.82) is 0 Å². The second-order valence-electron chi connectivity index (χ2n) is 4.70. The van der Waals surface area contributed by atoms with E-state index in [9.17, 15) is 0 Å². The van der Waals surface area contributed by atoms with Crippen molar-refractivity contribution in [3.05, 3.63) is 57.0 Å². The fourth-order valence-electron chi connectivity index (χ4n) is 2.26. The third kappa shape index (κ3) is 4.23. The number of ether oxygens (including phenoxy) is 1. The Morgan fingerprint density at radius 2 is 1.57 bits per heavy atom. The van der Waals surface area contributed by atoms with Gasteiger partial charge in [-0.25, -0.2) is 0 Å². The van der Waals surface area contributed by atoms with Gasteiger partial charge in [-0.15, -0.1) is 0 Å². The van der Waals surface area contributed by atoms with Crippen LogP contribution in [-0.4, -0.2) is 30.1 Å². The van der Waals surface area contributed by atoms with Crippen LogP contribution in [0, 0.1) is 0 Å². The molecule has 0 aromatic heterocycles. The number of hydrogen-bond acceptors (Lipinski definition) is 4. The van der Waals surface area contributed by atoms with Crippen LogP contribution in [0.2, 0.25) is 0 Å². The van der Waals surface area contributed by atoms with Crippen LogP contribution < -0.4 is 9.92 Å². The summed E-state index contributed by atoms with van der Waals surface area (Å²) in [6.07, 6.45) is 0. The van der Waals surface area contributed by atoms with E-state index in [4.69, 9.17) is 18.0 Å². The molecule has 4 nitrogen and oxygen atoms in total. The van der Waals surface area contributed by atoms with E-state index < -0.39 is 8.80 Å². The maximum atomic E-state index is 6.05. The molecule has 2 aromatic rings. The number of benzene rings is 2. The van der Waals surface area contributed by atoms with Crippen molar-refractivity contribution in [2.24, 2.45) is 0 Å². The zero-order valence-electron chi connectivity index (χ0n) is 13.1. The van der Waals surface area contributed by atoms with Crippen LogP contribution in [0.15, 0.2) is 51.4 Å². The monoisotopic (exact) mass is 460 g/mol. The first kappa shape index (κ1) is 18.6. The van der Waals surface area contributed by atoms with Gasteiger partial charge in [0, 0.05) is 25.8 Å². The highest BCUT2D eigenvalue weighted by Crippen LogP contribution is 2.27. The van der Waals surface area contributed by atoms with E-state index in [0.717, 1.165) is 19.7 Å². The zero-order valence-corrected chi connectivity index (χ0v) is 17.3. The Morgan fingerprint density at radius 1 is 0.913 bits per heavy atom. The fourth-order valence-corrected chi connectivity index (χ4v) is 5.31. The summed E-state index contributed by atoms with van der Waals surface area (Å²) in [7, 11) is 1.76. The van der Waals surface area contributed by atoms with E-state index >= 15 is 0 Å². The van der Waals surface area contributed by atoms with Crippen LogP contribution in [0.4, 0.5) is 0 Å². The third-order valence-electron chi connectivity index (χ3n) is 3.38. The molecule has 2 aromatic carbocycles. The number of para-hydroxylation sites is 1. The lowest BCUT2D eigenvalue weighted by Gasteiger charge is -2.27. The van der Waals surface area contributed by atoms with Crippen molar-refractivity contribution in [2.45, 2.75) is 6.61 Å². The van der Waals surface area contributed by atoms with Crippen molar-refractivity contribution >= 4 is 45.9 Å². The molecule has 23 heavy (non-hydrogen) atoms. The van der Waals surface area contributed by atoms with E-state index in [1.165, 1.54) is 0 Å². The molecule has 0 aliphatic heterocycles. The minimum Gasteiger partial charge on any atom is -0.488 e. The Hall–Kier alpha value is -0.703. The maximum Gasteiger partial charge on any atom is 0.540 e. The van der Waals surface area contributed by atoms with E-state index in [1.807, 2.05) is 42.5 Å². The molecule has 0 aliphatic carbocycles. The number of hydrogen-bond donors (Lipinski definition) is 0. The first-order chi connectivity index (χ1) is 11.1. The molecular weight excluding hydrogens is 444 g/mol. The van der Waals surface area contributed by atoms with E-state index in [-0.39, 0.29) is 0 Å². The molecule has 0 spiro atoms. The molecular formula is C16H18Br2O4Si. The quantitative estimate of drug-likeness (QED) is 0.586. The molecule has 0 amide bonds. The average Bonchev–Trinajstić information content (AvgIpc) is 2.56. The second kappa shape index (κ2) is 8.41. The summed E-state index contributed by atoms with van der Waals surface area (Å²) in [5.74, 6) is 0.671. The Labute approximate surface area is 154 Å². The minimum absolute atomic E-state index is 0.427. The van der Waals surface area contributed by atoms with Crippen molar-refractivity contribution in [3.63, 3.8) is 0 Å². The van der Waals surface area contributed by atoms with Crippen molar-refractivity contribution in [2.75, 3.05) is 21.3 Å². The van der Waals surface area contributed by atoms with Gasteiger partial charge < -0.3 is 18.0 Å². The fraction of sp³-hybridized carbons (Fsp3) is 0.250. The minimum atomic E-state index is -2.98. The largest absolute Gasteiger partial charge is 0.540 e. The summed E-state index contributed by atoms with van der Waals surface area (Å²) >= 11 is 7.00. The van der Waals surface area contributed by atoms with Gasteiger partial charge in [0.2, 0.25) is 0 Å². The highest BCUT2D eigenvalue weighted by Gasteiger charge is 2.44. The molecule has 0 bridgehead atoms. The maximum absolute atomic E-state index is 6.05. The predicted molar refractivity (Wildman–Crippen MR) is 99.0 cm³/mol. The SMILES string of the molecule is CO[Si](OC)(OC)c1cccc(Br)c1OCc1cccc(Br)c1. The molecule has 2 rings (SSSR count). The Balaban J connectivity index is 2.34. The van der Waals surface area contributed by atoms with Crippen LogP contribution in [0.1, 0.15) is 5.56 Å². The van der Waals surface area contributed by atoms with Gasteiger partial charge in [0.15, 0.2) is 0 Å². The first-order valence-corrected chi connectivity index (χ1v) is 10.2. The molecule has 0 N–H and O–H groups in total. The second-order valence-corrected chi connectivity index (χ2v) is 9.35. The summed E-state index contributed by atoms with van der Waals surface area (Å²) in [6, 6.07) is 13.7. The molecule has 0 saturated heterocycles. The summed E-state index contributed by atoms with van der Waals surface area (Å²) in [5.41, 5.74) is 1.06. The van der Waals surface area contributed by atoms with Crippen LogP contribution >= 0.6 is 31.9 Å². The van der Waals surface area contributed by atoms with Crippen LogP contribution in [0.5, 0.6) is 5.75 Å². The number of rotatable bonds is 7. The molecule has 0 fully saturated rings. The van der Waals surface area contributed by atoms with Crippen LogP contribution in [0.25, 0.3) is 0 Å². The molecule has 0 atom stereocenters. The summed E-state index contributed by atoms with van der Waals surface area (Å²) in [4.78, 5) is 0. The predicted octanol–water partition coefficient (Wildman–Crippen LogP) is 3.88. The van der Waals surface area contributed by atoms with Gasteiger partial charge in [-0.1, -0.05) is 40.2 Å². The lowest BCUT2D eigenvalue weighted by molar-refractivity contribution is 0.139. The topological polar surface area (TPSA) is 36.9 Å². The molecule has 0 saturated carbocycles. The molecule has 124 valence electrons. The molecule has 0 unspecified atom stereocenters. The molecule has 0 aliphatic rings. The van der Waals surface area contributed by atoms with Crippen molar-refractivity contribution in [1.82, 2.24) is 0 Å². The van der Waals surface area contributed by atoms with E-state index in [2.05, 4.69) is 31.9 Å². The first-order valence-electron chi connectivity index (χ1n) is 6.88. The summed E-state index contributed by atoms with van der Waals surface area (Å²) in [6.45, 7) is 0.427. The summed E-state index contributed by atoms with van der Waals surface area (Å²) < 4.78 is 24.6. The molecule has 7 heteroatoms. The van der Waals surface area contributed by atoms with Gasteiger partial charge in [0.05, 0.1) is 9.66 Å². The zero-order chi connectivity index (χ0) is 16.9. The highest BCUT2D eigenvalue weighted by atomic mass is 79.9. The molecule has 0 radical (unpaired) electrons. The lowest BCUT2D eigenvalue weighted by atomic mass is 10.2. The van der Waals surface area contributed by atoms with E-state index in [1.54, 1.807) is 21.3 Å². The normalized spacial score (nSPS) is 11.5. The Bertz CT molecular complexity index is 654. The third-order valence-corrected chi connectivity index (χ3v) is 7.16. The Kier molecular flexibility index (Phi) is 6.81. The molecule has 0 heterocycles. The van der Waals surface area contributed by atoms with Gasteiger partial charge in [-0.2, -0.15) is 0 Å². The lowest BCUT2D eigenvalue weighted by Crippen LogP contribution is -2.55. The van der Waals surface area contributed by atoms with Gasteiger partial charge in [-0.05, 0) is 39.7 Å². The van der Waals surface area contributed by atoms with Gasteiger partial charge in [0.25, 0.3) is 0 Å².